The zero-order valence-electron chi connectivity index (χ0n) is 15.5. The van der Waals surface area contributed by atoms with Crippen LogP contribution in [0.2, 0.25) is 0 Å². The zero-order valence-corrected chi connectivity index (χ0v) is 15.5. The molecule has 26 heavy (non-hydrogen) atoms. The van der Waals surface area contributed by atoms with Gasteiger partial charge in [0.25, 0.3) is 0 Å². The lowest BCUT2D eigenvalue weighted by Crippen LogP contribution is -2.44. The van der Waals surface area contributed by atoms with Gasteiger partial charge >= 0.3 is 7.32 Å². The lowest BCUT2D eigenvalue weighted by molar-refractivity contribution is -0.107. The minimum absolute atomic E-state index is 0.0752. The third-order valence-electron chi connectivity index (χ3n) is 3.57. The number of ketones is 1. The van der Waals surface area contributed by atoms with E-state index in [2.05, 4.69) is 0 Å². The van der Waals surface area contributed by atoms with Crippen molar-refractivity contribution in [3.8, 4) is 0 Å². The second kappa shape index (κ2) is 10.9. The molecule has 0 radical (unpaired) electrons. The van der Waals surface area contributed by atoms with Gasteiger partial charge in [0, 0.05) is 11.1 Å². The zero-order chi connectivity index (χ0) is 20.4. The molecule has 0 heterocycles. The fourth-order valence-corrected chi connectivity index (χ4v) is 1.35. The average molecular weight is 362 g/mol. The van der Waals surface area contributed by atoms with Crippen molar-refractivity contribution in [1.82, 2.24) is 0 Å². The van der Waals surface area contributed by atoms with Gasteiger partial charge in [0.15, 0.2) is 5.78 Å². The van der Waals surface area contributed by atoms with Crippen LogP contribution < -0.4 is 0 Å². The van der Waals surface area contributed by atoms with Crippen molar-refractivity contribution < 1.29 is 30.1 Å². The summed E-state index contributed by atoms with van der Waals surface area (Å²) in [7, 11) is -2.17. The third kappa shape index (κ3) is 10.1. The molecule has 0 aromatic heterocycles. The van der Waals surface area contributed by atoms with Crippen LogP contribution >= 0.6 is 0 Å². The maximum absolute atomic E-state index is 11.8. The van der Waals surface area contributed by atoms with Crippen molar-refractivity contribution in [3.63, 3.8) is 0 Å². The molecule has 5 N–H and O–H groups in total. The summed E-state index contributed by atoms with van der Waals surface area (Å²) in [5.74, 6) is 0.0752. The van der Waals surface area contributed by atoms with E-state index in [9.17, 15) is 4.79 Å². The van der Waals surface area contributed by atoms with Crippen molar-refractivity contribution in [1.29, 1.82) is 0 Å². The Hall–Kier alpha value is -2.03. The van der Waals surface area contributed by atoms with Gasteiger partial charge in [0.2, 0.25) is 0 Å². The molecule has 142 valence electrons. The number of rotatable bonds is 3. The Bertz CT molecular complexity index is 574. The van der Waals surface area contributed by atoms with Gasteiger partial charge in [-0.05, 0) is 27.7 Å². The lowest BCUT2D eigenvalue weighted by Gasteiger charge is -2.31. The number of hydrogen-bond donors (Lipinski definition) is 5. The van der Waals surface area contributed by atoms with E-state index in [4.69, 9.17) is 25.3 Å². The van der Waals surface area contributed by atoms with E-state index in [0.717, 1.165) is 11.1 Å². The summed E-state index contributed by atoms with van der Waals surface area (Å²) in [4.78, 5) is 11.8. The number of benzene rings is 2. The van der Waals surface area contributed by atoms with Crippen LogP contribution in [0.1, 0.15) is 43.6 Å². The average Bonchev–Trinajstić information content (AvgIpc) is 2.54. The highest BCUT2D eigenvalue weighted by Crippen LogP contribution is 2.19. The lowest BCUT2D eigenvalue weighted by atomic mass is 9.90. The highest BCUT2D eigenvalue weighted by atomic mass is 16.5. The predicted octanol–water partition coefficient (Wildman–Crippen LogP) is 1.39. The highest BCUT2D eigenvalue weighted by Gasteiger charge is 2.31. The summed E-state index contributed by atoms with van der Waals surface area (Å²) in [6, 6.07) is 18.6. The summed E-state index contributed by atoms with van der Waals surface area (Å²) in [5, 5.41) is 39.7. The first-order valence-corrected chi connectivity index (χ1v) is 8.00. The number of carbonyl (C=O) groups is 1. The number of aliphatic hydroxyl groups is 2. The Kier molecular flexibility index (Phi) is 10.0. The molecule has 0 saturated heterocycles. The van der Waals surface area contributed by atoms with Crippen LogP contribution in [0.25, 0.3) is 0 Å². The van der Waals surface area contributed by atoms with Crippen molar-refractivity contribution in [2.75, 3.05) is 0 Å². The monoisotopic (exact) mass is 362 g/mol. The number of hydrogen-bond acceptors (Lipinski definition) is 6. The Labute approximate surface area is 154 Å². The van der Waals surface area contributed by atoms with Gasteiger partial charge in [-0.3, -0.25) is 4.79 Å². The molecular weight excluding hydrogens is 335 g/mol. The Morgan fingerprint density at radius 2 is 0.923 bits per heavy atom. The smallest absolute Gasteiger partial charge is 0.402 e. The molecule has 0 atom stereocenters. The minimum atomic E-state index is -2.17. The standard InChI is InChI=1S/C13H10O.C6H14O2.BH3O3/c14-13(11-7-3-1-4-8-11)12-9-5-2-6-10-12;1-5(2,7)6(3,4)8;2-1(3)4/h1-10H;7-8H,1-4H3;2-4H. The third-order valence-corrected chi connectivity index (χ3v) is 3.57. The molecule has 0 fully saturated rings. The molecule has 0 aliphatic rings. The molecule has 0 spiro atoms. The molecule has 6 nitrogen and oxygen atoms in total. The minimum Gasteiger partial charge on any atom is -0.402 e. The van der Waals surface area contributed by atoms with E-state index in [-0.39, 0.29) is 5.78 Å². The van der Waals surface area contributed by atoms with Crippen molar-refractivity contribution in [3.05, 3.63) is 71.8 Å². The van der Waals surface area contributed by atoms with Gasteiger partial charge in [-0.25, -0.2) is 0 Å². The van der Waals surface area contributed by atoms with Gasteiger partial charge in [-0.2, -0.15) is 0 Å². The van der Waals surface area contributed by atoms with Crippen LogP contribution in [-0.2, 0) is 0 Å². The van der Waals surface area contributed by atoms with Gasteiger partial charge in [-0.15, -0.1) is 0 Å². The maximum Gasteiger partial charge on any atom is 0.631 e. The molecule has 7 heteroatoms. The molecule has 0 bridgehead atoms. The van der Waals surface area contributed by atoms with E-state index >= 15 is 0 Å². The number of carbonyl (C=O) groups excluding carboxylic acids is 1. The van der Waals surface area contributed by atoms with E-state index in [1.165, 1.54) is 0 Å². The summed E-state index contributed by atoms with van der Waals surface area (Å²) >= 11 is 0. The van der Waals surface area contributed by atoms with Gasteiger partial charge < -0.3 is 25.3 Å². The first-order valence-electron chi connectivity index (χ1n) is 8.00. The van der Waals surface area contributed by atoms with Gasteiger partial charge in [0.05, 0.1) is 11.2 Å². The first-order chi connectivity index (χ1) is 11.9. The maximum atomic E-state index is 11.8. The molecule has 0 saturated carbocycles. The molecule has 2 rings (SSSR count). The molecule has 0 aliphatic carbocycles. The van der Waals surface area contributed by atoms with E-state index < -0.39 is 18.5 Å². The fraction of sp³-hybridized carbons (Fsp3) is 0.316. The first kappa shape index (κ1) is 24.0. The largest absolute Gasteiger partial charge is 0.631 e. The fourth-order valence-electron chi connectivity index (χ4n) is 1.35. The molecule has 0 unspecified atom stereocenters. The van der Waals surface area contributed by atoms with Crippen LogP contribution in [0, 0.1) is 0 Å². The van der Waals surface area contributed by atoms with Crippen LogP contribution in [0.3, 0.4) is 0 Å². The Morgan fingerprint density at radius 1 is 0.692 bits per heavy atom. The van der Waals surface area contributed by atoms with Crippen molar-refractivity contribution in [2.24, 2.45) is 0 Å². The predicted molar refractivity (Wildman–Crippen MR) is 101 cm³/mol. The summed E-state index contributed by atoms with van der Waals surface area (Å²) in [6.45, 7) is 6.31. The Balaban J connectivity index is 0.000000444. The van der Waals surface area contributed by atoms with E-state index in [0.29, 0.717) is 0 Å². The van der Waals surface area contributed by atoms with Crippen LogP contribution in [-0.4, -0.2) is 49.6 Å². The van der Waals surface area contributed by atoms with Crippen LogP contribution in [0.5, 0.6) is 0 Å². The molecule has 2 aromatic carbocycles. The SMILES string of the molecule is CC(C)(O)C(C)(C)O.O=C(c1ccccc1)c1ccccc1.OB(O)O. The molecule has 0 aliphatic heterocycles. The van der Waals surface area contributed by atoms with E-state index in [1.807, 2.05) is 60.7 Å². The second-order valence-corrected chi connectivity index (χ2v) is 6.53. The molecule has 2 aromatic rings. The van der Waals surface area contributed by atoms with Crippen molar-refractivity contribution >= 4 is 13.1 Å². The summed E-state index contributed by atoms with van der Waals surface area (Å²) < 4.78 is 0. The van der Waals surface area contributed by atoms with Crippen LogP contribution in [0.4, 0.5) is 0 Å². The quantitative estimate of drug-likeness (QED) is 0.416. The normalized spacial score (nSPS) is 10.7. The Morgan fingerprint density at radius 3 is 1.12 bits per heavy atom. The summed E-state index contributed by atoms with van der Waals surface area (Å²) in [6.07, 6.45) is 0. The van der Waals surface area contributed by atoms with Crippen LogP contribution in [0.15, 0.2) is 60.7 Å². The molecular formula is C19H27BO6. The summed E-state index contributed by atoms with van der Waals surface area (Å²) in [5.41, 5.74) is -0.544. The van der Waals surface area contributed by atoms with Gasteiger partial charge in [0.1, 0.15) is 0 Å². The topological polar surface area (TPSA) is 118 Å². The van der Waals surface area contributed by atoms with Crippen molar-refractivity contribution in [2.45, 2.75) is 38.9 Å². The van der Waals surface area contributed by atoms with E-state index in [1.54, 1.807) is 27.7 Å². The molecule has 0 amide bonds. The highest BCUT2D eigenvalue weighted by molar-refractivity contribution is 6.30. The van der Waals surface area contributed by atoms with Gasteiger partial charge in [-0.1, -0.05) is 60.7 Å². The second-order valence-electron chi connectivity index (χ2n) is 6.53.